The van der Waals surface area contributed by atoms with Gasteiger partial charge in [-0.1, -0.05) is 24.1 Å². The highest BCUT2D eigenvalue weighted by Gasteiger charge is 2.20. The van der Waals surface area contributed by atoms with Crippen LogP contribution >= 0.6 is 0 Å². The van der Waals surface area contributed by atoms with Crippen molar-refractivity contribution in [3.05, 3.63) is 29.8 Å². The summed E-state index contributed by atoms with van der Waals surface area (Å²) in [5.74, 6) is 3.71. The minimum absolute atomic E-state index is 0.450. The van der Waals surface area contributed by atoms with Gasteiger partial charge in [-0.15, -0.1) is 6.42 Å². The SMILES string of the molecule is C#CCN1CCC(NC(C)Cc2ccccc2OC)CC1. The van der Waals surface area contributed by atoms with E-state index in [4.69, 9.17) is 11.2 Å². The van der Waals surface area contributed by atoms with E-state index < -0.39 is 0 Å². The molecule has 0 bridgehead atoms. The van der Waals surface area contributed by atoms with Crippen LogP contribution in [0.4, 0.5) is 0 Å². The van der Waals surface area contributed by atoms with Gasteiger partial charge in [0.15, 0.2) is 0 Å². The molecule has 114 valence electrons. The minimum Gasteiger partial charge on any atom is -0.496 e. The molecule has 0 radical (unpaired) electrons. The fourth-order valence-corrected chi connectivity index (χ4v) is 3.05. The molecule has 2 rings (SSSR count). The molecule has 21 heavy (non-hydrogen) atoms. The van der Waals surface area contributed by atoms with E-state index >= 15 is 0 Å². The van der Waals surface area contributed by atoms with Crippen LogP contribution in [0.5, 0.6) is 5.75 Å². The van der Waals surface area contributed by atoms with E-state index in [1.807, 2.05) is 12.1 Å². The molecule has 1 aliphatic heterocycles. The molecular formula is C18H26N2O. The lowest BCUT2D eigenvalue weighted by molar-refractivity contribution is 0.210. The Hall–Kier alpha value is -1.50. The maximum atomic E-state index is 5.42. The van der Waals surface area contributed by atoms with Crippen LogP contribution in [-0.2, 0) is 6.42 Å². The van der Waals surface area contributed by atoms with Crippen LogP contribution in [-0.4, -0.2) is 43.7 Å². The highest BCUT2D eigenvalue weighted by molar-refractivity contribution is 5.33. The number of ether oxygens (including phenoxy) is 1. The van der Waals surface area contributed by atoms with E-state index in [1.54, 1.807) is 7.11 Å². The average molecular weight is 286 g/mol. The van der Waals surface area contributed by atoms with Crippen LogP contribution in [0, 0.1) is 12.3 Å². The molecule has 1 unspecified atom stereocenters. The van der Waals surface area contributed by atoms with E-state index in [2.05, 4.69) is 35.2 Å². The molecule has 1 saturated heterocycles. The molecule has 0 spiro atoms. The average Bonchev–Trinajstić information content (AvgIpc) is 2.50. The number of piperidine rings is 1. The van der Waals surface area contributed by atoms with E-state index in [0.717, 1.165) is 31.8 Å². The number of hydrogen-bond acceptors (Lipinski definition) is 3. The van der Waals surface area contributed by atoms with Crippen molar-refractivity contribution in [1.82, 2.24) is 10.2 Å². The van der Waals surface area contributed by atoms with Crippen molar-refractivity contribution >= 4 is 0 Å². The van der Waals surface area contributed by atoms with Crippen LogP contribution in [0.15, 0.2) is 24.3 Å². The molecule has 0 amide bonds. The molecule has 0 saturated carbocycles. The van der Waals surface area contributed by atoms with E-state index in [-0.39, 0.29) is 0 Å². The van der Waals surface area contributed by atoms with Gasteiger partial charge in [-0.25, -0.2) is 0 Å². The van der Waals surface area contributed by atoms with Crippen LogP contribution in [0.25, 0.3) is 0 Å². The summed E-state index contributed by atoms with van der Waals surface area (Å²) in [5, 5.41) is 3.75. The first-order chi connectivity index (χ1) is 10.2. The third kappa shape index (κ3) is 4.77. The summed E-state index contributed by atoms with van der Waals surface area (Å²) >= 11 is 0. The summed E-state index contributed by atoms with van der Waals surface area (Å²) in [5.41, 5.74) is 1.27. The lowest BCUT2D eigenvalue weighted by Gasteiger charge is -2.33. The van der Waals surface area contributed by atoms with Crippen LogP contribution in [0.3, 0.4) is 0 Å². The maximum Gasteiger partial charge on any atom is 0.122 e. The second-order valence-electron chi connectivity index (χ2n) is 5.84. The molecule has 3 nitrogen and oxygen atoms in total. The van der Waals surface area contributed by atoms with Crippen molar-refractivity contribution in [2.45, 2.75) is 38.3 Å². The molecule has 0 aromatic heterocycles. The van der Waals surface area contributed by atoms with Gasteiger partial charge in [0.1, 0.15) is 5.75 Å². The van der Waals surface area contributed by atoms with Gasteiger partial charge in [0.25, 0.3) is 0 Å². The second kappa shape index (κ2) is 8.07. The third-order valence-corrected chi connectivity index (χ3v) is 4.14. The first-order valence-electron chi connectivity index (χ1n) is 7.76. The van der Waals surface area contributed by atoms with Gasteiger partial charge in [-0.05, 0) is 37.8 Å². The molecule has 1 atom stereocenters. The molecule has 1 heterocycles. The summed E-state index contributed by atoms with van der Waals surface area (Å²) < 4.78 is 5.42. The van der Waals surface area contributed by atoms with Gasteiger partial charge in [-0.3, -0.25) is 4.90 Å². The highest BCUT2D eigenvalue weighted by Crippen LogP contribution is 2.19. The number of likely N-dealkylation sites (tertiary alicyclic amines) is 1. The number of nitrogens with zero attached hydrogens (tertiary/aromatic N) is 1. The number of para-hydroxylation sites is 1. The normalized spacial score (nSPS) is 18.1. The minimum atomic E-state index is 0.450. The van der Waals surface area contributed by atoms with Crippen molar-refractivity contribution in [2.75, 3.05) is 26.7 Å². The lowest BCUT2D eigenvalue weighted by atomic mass is 10.0. The van der Waals surface area contributed by atoms with E-state index in [1.165, 1.54) is 18.4 Å². The Labute approximate surface area is 128 Å². The quantitative estimate of drug-likeness (QED) is 0.812. The first-order valence-corrected chi connectivity index (χ1v) is 7.76. The van der Waals surface area contributed by atoms with Gasteiger partial charge in [0, 0.05) is 25.2 Å². The molecule has 1 fully saturated rings. The Kier molecular flexibility index (Phi) is 6.10. The molecule has 1 aliphatic rings. The summed E-state index contributed by atoms with van der Waals surface area (Å²) in [6.45, 7) is 5.23. The van der Waals surface area contributed by atoms with E-state index in [9.17, 15) is 0 Å². The summed E-state index contributed by atoms with van der Waals surface area (Å²) in [6.07, 6.45) is 8.72. The van der Waals surface area contributed by atoms with Gasteiger partial charge < -0.3 is 10.1 Å². The third-order valence-electron chi connectivity index (χ3n) is 4.14. The summed E-state index contributed by atoms with van der Waals surface area (Å²) in [4.78, 5) is 2.35. The number of nitrogens with one attached hydrogen (secondary N) is 1. The number of methoxy groups -OCH3 is 1. The van der Waals surface area contributed by atoms with E-state index in [0.29, 0.717) is 12.1 Å². The fraction of sp³-hybridized carbons (Fsp3) is 0.556. The van der Waals surface area contributed by atoms with Crippen molar-refractivity contribution in [2.24, 2.45) is 0 Å². The Morgan fingerprint density at radius 2 is 2.10 bits per heavy atom. The molecule has 1 aromatic rings. The van der Waals surface area contributed by atoms with Crippen LogP contribution in [0.2, 0.25) is 0 Å². The molecule has 3 heteroatoms. The number of benzene rings is 1. The zero-order chi connectivity index (χ0) is 15.1. The van der Waals surface area contributed by atoms with Crippen molar-refractivity contribution < 1.29 is 4.74 Å². The standard InChI is InChI=1S/C18H26N2O/c1-4-11-20-12-9-17(10-13-20)19-15(2)14-16-7-5-6-8-18(16)21-3/h1,5-8,15,17,19H,9-14H2,2-3H3. The lowest BCUT2D eigenvalue weighted by Crippen LogP contribution is -2.46. The Balaban J connectivity index is 1.80. The predicted octanol–water partition coefficient (Wildman–Crippen LogP) is 2.31. The largest absolute Gasteiger partial charge is 0.496 e. The van der Waals surface area contributed by atoms with Gasteiger partial charge in [0.05, 0.1) is 13.7 Å². The summed E-state index contributed by atoms with van der Waals surface area (Å²) in [7, 11) is 1.73. The fourth-order valence-electron chi connectivity index (χ4n) is 3.05. The number of rotatable bonds is 6. The molecule has 1 N–H and O–H groups in total. The van der Waals surface area contributed by atoms with Crippen molar-refractivity contribution in [1.29, 1.82) is 0 Å². The summed E-state index contributed by atoms with van der Waals surface area (Å²) in [6, 6.07) is 9.31. The smallest absolute Gasteiger partial charge is 0.122 e. The molecule has 1 aromatic carbocycles. The molecular weight excluding hydrogens is 260 g/mol. The van der Waals surface area contributed by atoms with Gasteiger partial charge in [-0.2, -0.15) is 0 Å². The maximum absolute atomic E-state index is 5.42. The van der Waals surface area contributed by atoms with Crippen LogP contribution < -0.4 is 10.1 Å². The second-order valence-corrected chi connectivity index (χ2v) is 5.84. The zero-order valence-electron chi connectivity index (χ0n) is 13.1. The topological polar surface area (TPSA) is 24.5 Å². The number of hydrogen-bond donors (Lipinski definition) is 1. The van der Waals surface area contributed by atoms with Crippen molar-refractivity contribution in [3.8, 4) is 18.1 Å². The first kappa shape index (κ1) is 15.9. The predicted molar refractivity (Wildman–Crippen MR) is 87.6 cm³/mol. The zero-order valence-corrected chi connectivity index (χ0v) is 13.1. The number of terminal acetylenes is 1. The Morgan fingerprint density at radius 1 is 1.38 bits per heavy atom. The van der Waals surface area contributed by atoms with Crippen LogP contribution in [0.1, 0.15) is 25.3 Å². The monoisotopic (exact) mass is 286 g/mol. The Morgan fingerprint density at radius 3 is 2.76 bits per heavy atom. The van der Waals surface area contributed by atoms with Gasteiger partial charge >= 0.3 is 0 Å². The van der Waals surface area contributed by atoms with Gasteiger partial charge in [0.2, 0.25) is 0 Å². The van der Waals surface area contributed by atoms with Crippen molar-refractivity contribution in [3.63, 3.8) is 0 Å². The Bertz CT molecular complexity index is 472. The molecule has 0 aliphatic carbocycles. The highest BCUT2D eigenvalue weighted by atomic mass is 16.5.